The molecule has 0 amide bonds. The first kappa shape index (κ1) is 13.4. The van der Waals surface area contributed by atoms with Crippen LogP contribution < -0.4 is 0 Å². The normalized spacial score (nSPS) is 12.2. The van der Waals surface area contributed by atoms with Gasteiger partial charge in [0.1, 0.15) is 11.7 Å². The Kier molecular flexibility index (Phi) is 3.69. The van der Waals surface area contributed by atoms with E-state index < -0.39 is 5.92 Å². The minimum Gasteiger partial charge on any atom is -0.465 e. The summed E-state index contributed by atoms with van der Waals surface area (Å²) in [4.78, 5) is 20.1. The smallest absolute Gasteiger partial charge is 0.321 e. The van der Waals surface area contributed by atoms with Crippen LogP contribution >= 0.6 is 0 Å². The van der Waals surface area contributed by atoms with Gasteiger partial charge in [-0.2, -0.15) is 0 Å². The minimum atomic E-state index is -0.529. The summed E-state index contributed by atoms with van der Waals surface area (Å²) < 4.78 is 5.21. The Bertz CT molecular complexity index is 717. The molecule has 0 fully saturated rings. The summed E-state index contributed by atoms with van der Waals surface area (Å²) in [7, 11) is 0. The Balaban J connectivity index is 2.08. The minimum absolute atomic E-state index is 0.289. The molecule has 1 N–H and O–H groups in total. The van der Waals surface area contributed by atoms with Gasteiger partial charge < -0.3 is 9.72 Å². The van der Waals surface area contributed by atoms with Gasteiger partial charge in [-0.05, 0) is 24.6 Å². The fraction of sp³-hybridized carbons (Fsp3) is 0.176. The number of para-hydroxylation sites is 2. The van der Waals surface area contributed by atoms with Gasteiger partial charge in [0, 0.05) is 0 Å². The Morgan fingerprint density at radius 3 is 2.57 bits per heavy atom. The summed E-state index contributed by atoms with van der Waals surface area (Å²) in [5.74, 6) is -0.206. The van der Waals surface area contributed by atoms with E-state index >= 15 is 0 Å². The van der Waals surface area contributed by atoms with Crippen molar-refractivity contribution in [1.29, 1.82) is 0 Å². The van der Waals surface area contributed by atoms with Crippen molar-refractivity contribution in [1.82, 2.24) is 9.97 Å². The second-order valence-corrected chi connectivity index (χ2v) is 4.73. The molecule has 1 heterocycles. The lowest BCUT2D eigenvalue weighted by Crippen LogP contribution is -2.18. The van der Waals surface area contributed by atoms with Crippen LogP contribution in [0.25, 0.3) is 11.0 Å². The van der Waals surface area contributed by atoms with Crippen LogP contribution in [0.3, 0.4) is 0 Å². The zero-order valence-electron chi connectivity index (χ0n) is 11.7. The van der Waals surface area contributed by atoms with E-state index in [1.54, 1.807) is 6.92 Å². The van der Waals surface area contributed by atoms with Crippen LogP contribution in [0.15, 0.2) is 54.6 Å². The Morgan fingerprint density at radius 1 is 1.14 bits per heavy atom. The fourth-order valence-corrected chi connectivity index (χ4v) is 2.39. The van der Waals surface area contributed by atoms with Gasteiger partial charge in [-0.25, -0.2) is 4.98 Å². The van der Waals surface area contributed by atoms with E-state index in [1.165, 1.54) is 0 Å². The second kappa shape index (κ2) is 5.79. The summed E-state index contributed by atoms with van der Waals surface area (Å²) >= 11 is 0. The third-order valence-electron chi connectivity index (χ3n) is 3.34. The Labute approximate surface area is 122 Å². The van der Waals surface area contributed by atoms with E-state index in [0.29, 0.717) is 12.4 Å². The van der Waals surface area contributed by atoms with Crippen LogP contribution in [0, 0.1) is 0 Å². The zero-order valence-corrected chi connectivity index (χ0v) is 11.7. The number of hydrogen-bond donors (Lipinski definition) is 1. The van der Waals surface area contributed by atoms with Crippen LogP contribution in [0.2, 0.25) is 0 Å². The van der Waals surface area contributed by atoms with Crippen LogP contribution in [-0.4, -0.2) is 22.5 Å². The fourth-order valence-electron chi connectivity index (χ4n) is 2.39. The van der Waals surface area contributed by atoms with Crippen molar-refractivity contribution < 1.29 is 9.53 Å². The van der Waals surface area contributed by atoms with Gasteiger partial charge >= 0.3 is 5.97 Å². The quantitative estimate of drug-likeness (QED) is 0.746. The molecular formula is C17H16N2O2. The van der Waals surface area contributed by atoms with E-state index in [-0.39, 0.29) is 5.97 Å². The third-order valence-corrected chi connectivity index (χ3v) is 3.34. The highest BCUT2D eigenvalue weighted by Gasteiger charge is 2.27. The second-order valence-electron chi connectivity index (χ2n) is 4.73. The van der Waals surface area contributed by atoms with Crippen LogP contribution in [-0.2, 0) is 9.53 Å². The standard InChI is InChI=1S/C17H16N2O2/c1-2-21-17(20)15(12-8-4-3-5-9-12)16-18-13-10-6-7-11-14(13)19-16/h3-11,15H,2H2,1H3,(H,18,19). The van der Waals surface area contributed by atoms with Crippen molar-refractivity contribution in [3.05, 3.63) is 66.0 Å². The molecule has 3 aromatic rings. The van der Waals surface area contributed by atoms with Crippen LogP contribution in [0.1, 0.15) is 24.2 Å². The number of carbonyl (C=O) groups is 1. The maximum Gasteiger partial charge on any atom is 0.321 e. The summed E-state index contributed by atoms with van der Waals surface area (Å²) in [6.07, 6.45) is 0. The predicted molar refractivity (Wildman–Crippen MR) is 81.0 cm³/mol. The van der Waals surface area contributed by atoms with Gasteiger partial charge in [-0.1, -0.05) is 42.5 Å². The first-order chi connectivity index (χ1) is 10.3. The molecule has 0 saturated heterocycles. The van der Waals surface area contributed by atoms with Crippen molar-refractivity contribution in [2.75, 3.05) is 6.61 Å². The molecule has 0 aliphatic carbocycles. The largest absolute Gasteiger partial charge is 0.465 e. The summed E-state index contributed by atoms with van der Waals surface area (Å²) in [5.41, 5.74) is 2.63. The van der Waals surface area contributed by atoms with Crippen LogP contribution in [0.4, 0.5) is 0 Å². The van der Waals surface area contributed by atoms with E-state index in [1.807, 2.05) is 54.6 Å². The average molecular weight is 280 g/mol. The number of nitrogens with one attached hydrogen (secondary N) is 1. The number of rotatable bonds is 4. The number of benzene rings is 2. The van der Waals surface area contributed by atoms with Gasteiger partial charge in [0.2, 0.25) is 0 Å². The average Bonchev–Trinajstić information content (AvgIpc) is 2.92. The molecule has 0 aliphatic heterocycles. The maximum atomic E-state index is 12.3. The zero-order chi connectivity index (χ0) is 14.7. The highest BCUT2D eigenvalue weighted by atomic mass is 16.5. The number of aromatic amines is 1. The molecule has 21 heavy (non-hydrogen) atoms. The molecule has 1 unspecified atom stereocenters. The van der Waals surface area contributed by atoms with Crippen LogP contribution in [0.5, 0.6) is 0 Å². The molecule has 0 bridgehead atoms. The number of hydrogen-bond acceptors (Lipinski definition) is 3. The first-order valence-corrected chi connectivity index (χ1v) is 6.96. The number of fused-ring (bicyclic) bond motifs is 1. The molecule has 4 nitrogen and oxygen atoms in total. The summed E-state index contributed by atoms with van der Waals surface area (Å²) in [5, 5.41) is 0. The summed E-state index contributed by atoms with van der Waals surface area (Å²) in [6.45, 7) is 2.15. The monoisotopic (exact) mass is 280 g/mol. The van der Waals surface area contributed by atoms with Crippen molar-refractivity contribution in [3.8, 4) is 0 Å². The van der Waals surface area contributed by atoms with Crippen molar-refractivity contribution in [3.63, 3.8) is 0 Å². The summed E-state index contributed by atoms with van der Waals surface area (Å²) in [6, 6.07) is 17.3. The van der Waals surface area contributed by atoms with Crippen molar-refractivity contribution >= 4 is 17.0 Å². The highest BCUT2D eigenvalue weighted by Crippen LogP contribution is 2.26. The molecule has 3 rings (SSSR count). The van der Waals surface area contributed by atoms with E-state index in [9.17, 15) is 4.79 Å². The number of H-pyrrole nitrogens is 1. The van der Waals surface area contributed by atoms with Gasteiger partial charge in [-0.3, -0.25) is 4.79 Å². The van der Waals surface area contributed by atoms with Gasteiger partial charge in [0.25, 0.3) is 0 Å². The molecule has 0 aliphatic rings. The number of nitrogens with zero attached hydrogens (tertiary/aromatic N) is 1. The number of imidazole rings is 1. The lowest BCUT2D eigenvalue weighted by Gasteiger charge is -2.13. The molecular weight excluding hydrogens is 264 g/mol. The molecule has 1 aromatic heterocycles. The third kappa shape index (κ3) is 2.65. The Morgan fingerprint density at radius 2 is 1.86 bits per heavy atom. The van der Waals surface area contributed by atoms with Crippen molar-refractivity contribution in [2.45, 2.75) is 12.8 Å². The maximum absolute atomic E-state index is 12.3. The van der Waals surface area contributed by atoms with E-state index in [0.717, 1.165) is 16.6 Å². The lowest BCUT2D eigenvalue weighted by molar-refractivity contribution is -0.144. The predicted octanol–water partition coefficient (Wildman–Crippen LogP) is 3.26. The van der Waals surface area contributed by atoms with Crippen molar-refractivity contribution in [2.24, 2.45) is 0 Å². The number of ether oxygens (including phenoxy) is 1. The number of esters is 1. The number of carbonyl (C=O) groups excluding carboxylic acids is 1. The molecule has 106 valence electrons. The topological polar surface area (TPSA) is 55.0 Å². The molecule has 0 saturated carbocycles. The molecule has 0 spiro atoms. The van der Waals surface area contributed by atoms with E-state index in [4.69, 9.17) is 4.74 Å². The molecule has 2 aromatic carbocycles. The SMILES string of the molecule is CCOC(=O)C(c1ccccc1)c1nc2ccccc2[nH]1. The highest BCUT2D eigenvalue weighted by molar-refractivity contribution is 5.83. The van der Waals surface area contributed by atoms with Gasteiger partial charge in [0.05, 0.1) is 17.6 Å². The van der Waals surface area contributed by atoms with E-state index in [2.05, 4.69) is 9.97 Å². The van der Waals surface area contributed by atoms with Gasteiger partial charge in [0.15, 0.2) is 0 Å². The lowest BCUT2D eigenvalue weighted by atomic mass is 9.98. The molecule has 4 heteroatoms. The Hall–Kier alpha value is -2.62. The van der Waals surface area contributed by atoms with Gasteiger partial charge in [-0.15, -0.1) is 0 Å². The molecule has 1 atom stereocenters. The molecule has 0 radical (unpaired) electrons. The number of aromatic nitrogens is 2. The first-order valence-electron chi connectivity index (χ1n) is 6.96.